The molecule has 0 bridgehead atoms. The lowest BCUT2D eigenvalue weighted by Gasteiger charge is -2.23. The second-order valence-corrected chi connectivity index (χ2v) is 4.91. The number of carboxylic acids is 1. The van der Waals surface area contributed by atoms with Gasteiger partial charge in [0.25, 0.3) is 5.91 Å². The van der Waals surface area contributed by atoms with Crippen LogP contribution in [-0.2, 0) is 4.79 Å². The fourth-order valence-corrected chi connectivity index (χ4v) is 2.50. The molecule has 2 N–H and O–H groups in total. The zero-order chi connectivity index (χ0) is 15.6. The molecule has 1 unspecified atom stereocenters. The second kappa shape index (κ2) is 5.90. The number of likely N-dealkylation sites (N-methyl/N-ethyl adjacent to an activating group) is 1. The Labute approximate surface area is 122 Å². The van der Waals surface area contributed by atoms with Crippen LogP contribution in [0.2, 0.25) is 0 Å². The number of rotatable bonds is 3. The van der Waals surface area contributed by atoms with Gasteiger partial charge in [0, 0.05) is 13.6 Å². The number of aryl methyl sites for hydroxylation is 1. The topological polar surface area (TPSA) is 99.6 Å². The summed E-state index contributed by atoms with van der Waals surface area (Å²) in [6.45, 7) is 2.04. The number of amides is 2. The number of nitrogens with zero attached hydrogens (tertiary/aromatic N) is 2. The molecule has 1 saturated heterocycles. The third-order valence-electron chi connectivity index (χ3n) is 3.60. The molecule has 0 radical (unpaired) electrons. The first-order chi connectivity index (χ1) is 9.95. The Balaban J connectivity index is 2.25. The van der Waals surface area contributed by atoms with E-state index in [-0.39, 0.29) is 28.8 Å². The number of hydrogen-bond donors (Lipinski definition) is 2. The van der Waals surface area contributed by atoms with Gasteiger partial charge in [-0.3, -0.25) is 9.59 Å². The first kappa shape index (κ1) is 15.0. The van der Waals surface area contributed by atoms with Crippen LogP contribution in [-0.4, -0.2) is 52.4 Å². The van der Waals surface area contributed by atoms with Crippen LogP contribution >= 0.6 is 0 Å². The standard InChI is InChI=1S/C14H17N3O4/c1-8-9(14(20)21)5-6-10(16-8)13(19)17-7-3-4-11(17)12(18)15-2/h5-6,11H,3-4,7H2,1-2H3,(H,15,18)(H,20,21). The minimum atomic E-state index is -1.08. The molecule has 0 saturated carbocycles. The number of aromatic carboxylic acids is 1. The number of hydrogen-bond acceptors (Lipinski definition) is 4. The molecule has 1 fully saturated rings. The molecule has 0 aliphatic carbocycles. The van der Waals surface area contributed by atoms with Crippen LogP contribution in [0.1, 0.15) is 39.4 Å². The first-order valence-corrected chi connectivity index (χ1v) is 6.69. The molecular formula is C14H17N3O4. The SMILES string of the molecule is CNC(=O)C1CCCN1C(=O)c1ccc(C(=O)O)c(C)n1. The van der Waals surface area contributed by atoms with E-state index in [0.29, 0.717) is 13.0 Å². The van der Waals surface area contributed by atoms with Crippen molar-refractivity contribution in [1.82, 2.24) is 15.2 Å². The summed E-state index contributed by atoms with van der Waals surface area (Å²) in [5.74, 6) is -1.62. The Morgan fingerprint density at radius 3 is 2.67 bits per heavy atom. The van der Waals surface area contributed by atoms with E-state index in [4.69, 9.17) is 5.11 Å². The van der Waals surface area contributed by atoms with Gasteiger partial charge in [-0.2, -0.15) is 0 Å². The highest BCUT2D eigenvalue weighted by Gasteiger charge is 2.34. The summed E-state index contributed by atoms with van der Waals surface area (Å²) in [6.07, 6.45) is 1.38. The largest absolute Gasteiger partial charge is 0.478 e. The number of pyridine rings is 1. The molecule has 1 aromatic heterocycles. The van der Waals surface area contributed by atoms with Crippen molar-refractivity contribution >= 4 is 17.8 Å². The number of nitrogens with one attached hydrogen (secondary N) is 1. The van der Waals surface area contributed by atoms with E-state index >= 15 is 0 Å². The fourth-order valence-electron chi connectivity index (χ4n) is 2.50. The highest BCUT2D eigenvalue weighted by Crippen LogP contribution is 2.20. The van der Waals surface area contributed by atoms with Crippen LogP contribution in [0.25, 0.3) is 0 Å². The predicted molar refractivity (Wildman–Crippen MR) is 74.1 cm³/mol. The molecule has 1 aliphatic rings. The van der Waals surface area contributed by atoms with Crippen molar-refractivity contribution in [3.05, 3.63) is 29.1 Å². The monoisotopic (exact) mass is 291 g/mol. The molecule has 7 nitrogen and oxygen atoms in total. The second-order valence-electron chi connectivity index (χ2n) is 4.91. The zero-order valence-corrected chi connectivity index (χ0v) is 11.9. The fraction of sp³-hybridized carbons (Fsp3) is 0.429. The van der Waals surface area contributed by atoms with E-state index in [2.05, 4.69) is 10.3 Å². The van der Waals surface area contributed by atoms with Gasteiger partial charge in [0.1, 0.15) is 11.7 Å². The van der Waals surface area contributed by atoms with Crippen LogP contribution in [0.3, 0.4) is 0 Å². The van der Waals surface area contributed by atoms with Gasteiger partial charge in [-0.05, 0) is 31.9 Å². The summed E-state index contributed by atoms with van der Waals surface area (Å²) in [5.41, 5.74) is 0.508. The van der Waals surface area contributed by atoms with Crippen molar-refractivity contribution in [2.24, 2.45) is 0 Å². The number of carbonyl (C=O) groups is 3. The lowest BCUT2D eigenvalue weighted by Crippen LogP contribution is -2.45. The van der Waals surface area contributed by atoms with E-state index in [1.165, 1.54) is 24.1 Å². The van der Waals surface area contributed by atoms with E-state index in [1.54, 1.807) is 6.92 Å². The van der Waals surface area contributed by atoms with E-state index in [9.17, 15) is 14.4 Å². The Morgan fingerprint density at radius 2 is 2.10 bits per heavy atom. The van der Waals surface area contributed by atoms with Gasteiger partial charge in [0.05, 0.1) is 11.3 Å². The Hall–Kier alpha value is -2.44. The van der Waals surface area contributed by atoms with Gasteiger partial charge in [0.2, 0.25) is 5.91 Å². The van der Waals surface area contributed by atoms with Crippen molar-refractivity contribution in [2.45, 2.75) is 25.8 Å². The molecule has 2 rings (SSSR count). The van der Waals surface area contributed by atoms with Crippen molar-refractivity contribution in [1.29, 1.82) is 0 Å². The van der Waals surface area contributed by atoms with Gasteiger partial charge >= 0.3 is 5.97 Å². The number of likely N-dealkylation sites (tertiary alicyclic amines) is 1. The molecular weight excluding hydrogens is 274 g/mol. The molecule has 1 atom stereocenters. The molecule has 21 heavy (non-hydrogen) atoms. The average Bonchev–Trinajstić information content (AvgIpc) is 2.94. The molecule has 1 aromatic rings. The van der Waals surface area contributed by atoms with Crippen molar-refractivity contribution in [3.63, 3.8) is 0 Å². The highest BCUT2D eigenvalue weighted by atomic mass is 16.4. The Kier molecular flexibility index (Phi) is 4.21. The molecule has 2 heterocycles. The van der Waals surface area contributed by atoms with E-state index in [1.807, 2.05) is 0 Å². The van der Waals surface area contributed by atoms with Crippen LogP contribution < -0.4 is 5.32 Å². The van der Waals surface area contributed by atoms with E-state index in [0.717, 1.165) is 6.42 Å². The van der Waals surface area contributed by atoms with Crippen LogP contribution in [0, 0.1) is 6.92 Å². The number of aromatic nitrogens is 1. The molecule has 2 amide bonds. The maximum atomic E-state index is 12.4. The summed E-state index contributed by atoms with van der Waals surface area (Å²) in [7, 11) is 1.54. The quantitative estimate of drug-likeness (QED) is 0.841. The predicted octanol–water partition coefficient (Wildman–Crippen LogP) is 0.439. The lowest BCUT2D eigenvalue weighted by molar-refractivity contribution is -0.124. The average molecular weight is 291 g/mol. The normalized spacial score (nSPS) is 17.6. The molecule has 7 heteroatoms. The third-order valence-corrected chi connectivity index (χ3v) is 3.60. The Bertz CT molecular complexity index is 600. The number of carboxylic acid groups (broad SMARTS) is 1. The summed E-state index contributed by atoms with van der Waals surface area (Å²) < 4.78 is 0. The number of carbonyl (C=O) groups excluding carboxylic acids is 2. The molecule has 112 valence electrons. The van der Waals surface area contributed by atoms with Crippen molar-refractivity contribution in [3.8, 4) is 0 Å². The van der Waals surface area contributed by atoms with Gasteiger partial charge in [0.15, 0.2) is 0 Å². The summed E-state index contributed by atoms with van der Waals surface area (Å²) in [5, 5.41) is 11.5. The van der Waals surface area contributed by atoms with Crippen molar-refractivity contribution in [2.75, 3.05) is 13.6 Å². The zero-order valence-electron chi connectivity index (χ0n) is 11.9. The van der Waals surface area contributed by atoms with Gasteiger partial charge < -0.3 is 15.3 Å². The Morgan fingerprint density at radius 1 is 1.38 bits per heavy atom. The molecule has 1 aliphatic heterocycles. The summed E-state index contributed by atoms with van der Waals surface area (Å²) >= 11 is 0. The smallest absolute Gasteiger partial charge is 0.337 e. The van der Waals surface area contributed by atoms with Crippen LogP contribution in [0.15, 0.2) is 12.1 Å². The minimum Gasteiger partial charge on any atom is -0.478 e. The van der Waals surface area contributed by atoms with Crippen LogP contribution in [0.4, 0.5) is 0 Å². The maximum Gasteiger partial charge on any atom is 0.337 e. The first-order valence-electron chi connectivity index (χ1n) is 6.69. The van der Waals surface area contributed by atoms with Crippen molar-refractivity contribution < 1.29 is 19.5 Å². The molecule has 0 aromatic carbocycles. The van der Waals surface area contributed by atoms with Crippen LogP contribution in [0.5, 0.6) is 0 Å². The van der Waals surface area contributed by atoms with Gasteiger partial charge in [-0.15, -0.1) is 0 Å². The van der Waals surface area contributed by atoms with E-state index < -0.39 is 12.0 Å². The summed E-state index contributed by atoms with van der Waals surface area (Å²) in [4.78, 5) is 40.7. The third kappa shape index (κ3) is 2.86. The lowest BCUT2D eigenvalue weighted by atomic mass is 10.1. The highest BCUT2D eigenvalue weighted by molar-refractivity contribution is 5.97. The van der Waals surface area contributed by atoms with Gasteiger partial charge in [-0.1, -0.05) is 0 Å². The van der Waals surface area contributed by atoms with Gasteiger partial charge in [-0.25, -0.2) is 9.78 Å². The maximum absolute atomic E-state index is 12.4. The summed E-state index contributed by atoms with van der Waals surface area (Å²) in [6, 6.07) is 2.27. The minimum absolute atomic E-state index is 0.0656. The molecule has 0 spiro atoms.